The molecule has 1 aliphatic heterocycles. The monoisotopic (exact) mass is 246 g/mol. The molecule has 2 heterocycles. The molecule has 0 unspecified atom stereocenters. The molecule has 4 rings (SSSR count). The number of anilines is 2. The van der Waals surface area contributed by atoms with Crippen molar-refractivity contribution >= 4 is 22.3 Å². The van der Waals surface area contributed by atoms with Crippen LogP contribution in [0.15, 0.2) is 60.8 Å². The standard InChI is InChI=1S/C17H14N2/c1-2-8-15-13(5-1)10-12-19(15)16-9-3-6-14-7-4-11-18-17(14)16/h1-9,11H,10,12H2. The number of rotatable bonds is 1. The predicted octanol–water partition coefficient (Wildman–Crippen LogP) is 3.93. The smallest absolute Gasteiger partial charge is 0.0938 e. The summed E-state index contributed by atoms with van der Waals surface area (Å²) in [5.41, 5.74) is 5.04. The van der Waals surface area contributed by atoms with Gasteiger partial charge in [0, 0.05) is 23.8 Å². The fourth-order valence-electron chi connectivity index (χ4n) is 2.89. The maximum Gasteiger partial charge on any atom is 0.0938 e. The third kappa shape index (κ3) is 1.60. The second kappa shape index (κ2) is 4.09. The van der Waals surface area contributed by atoms with Crippen LogP contribution in [0.2, 0.25) is 0 Å². The largest absolute Gasteiger partial charge is 0.339 e. The lowest BCUT2D eigenvalue weighted by molar-refractivity contribution is 1.00. The molecule has 2 nitrogen and oxygen atoms in total. The Kier molecular flexibility index (Phi) is 2.27. The molecule has 0 N–H and O–H groups in total. The van der Waals surface area contributed by atoms with Crippen LogP contribution in [0, 0.1) is 0 Å². The number of nitrogens with zero attached hydrogens (tertiary/aromatic N) is 2. The molecule has 0 saturated heterocycles. The molecule has 0 fully saturated rings. The fourth-order valence-corrected chi connectivity index (χ4v) is 2.89. The van der Waals surface area contributed by atoms with E-state index in [1.54, 1.807) is 0 Å². The van der Waals surface area contributed by atoms with Crippen LogP contribution in [0.3, 0.4) is 0 Å². The number of pyridine rings is 1. The van der Waals surface area contributed by atoms with Gasteiger partial charge >= 0.3 is 0 Å². The van der Waals surface area contributed by atoms with Crippen LogP contribution >= 0.6 is 0 Å². The highest BCUT2D eigenvalue weighted by Gasteiger charge is 2.21. The quantitative estimate of drug-likeness (QED) is 0.646. The summed E-state index contributed by atoms with van der Waals surface area (Å²) in [6.07, 6.45) is 2.98. The van der Waals surface area contributed by atoms with Crippen LogP contribution in [0.25, 0.3) is 10.9 Å². The molecule has 3 aromatic rings. The number of para-hydroxylation sites is 2. The Labute approximate surface area is 112 Å². The lowest BCUT2D eigenvalue weighted by Crippen LogP contribution is -2.13. The Balaban J connectivity index is 1.93. The first kappa shape index (κ1) is 10.6. The molecule has 1 aliphatic rings. The second-order valence-electron chi connectivity index (χ2n) is 4.88. The van der Waals surface area contributed by atoms with Gasteiger partial charge in [-0.15, -0.1) is 0 Å². The average Bonchev–Trinajstić information content (AvgIpc) is 2.90. The molecule has 92 valence electrons. The van der Waals surface area contributed by atoms with Gasteiger partial charge < -0.3 is 4.90 Å². The van der Waals surface area contributed by atoms with Crippen LogP contribution in [0.1, 0.15) is 5.56 Å². The SMILES string of the molecule is c1ccc2c(c1)CCN2c1cccc2cccnc12. The molecule has 19 heavy (non-hydrogen) atoms. The van der Waals surface area contributed by atoms with Crippen molar-refractivity contribution in [3.63, 3.8) is 0 Å². The van der Waals surface area contributed by atoms with E-state index >= 15 is 0 Å². The van der Waals surface area contributed by atoms with Gasteiger partial charge in [0.1, 0.15) is 0 Å². The van der Waals surface area contributed by atoms with Crippen molar-refractivity contribution in [1.29, 1.82) is 0 Å². The highest BCUT2D eigenvalue weighted by atomic mass is 15.2. The van der Waals surface area contributed by atoms with E-state index in [-0.39, 0.29) is 0 Å². The van der Waals surface area contributed by atoms with Crippen molar-refractivity contribution in [3.05, 3.63) is 66.4 Å². The molecule has 0 saturated carbocycles. The van der Waals surface area contributed by atoms with Crippen molar-refractivity contribution in [1.82, 2.24) is 4.98 Å². The summed E-state index contributed by atoms with van der Waals surface area (Å²) in [5, 5.41) is 1.20. The number of hydrogen-bond acceptors (Lipinski definition) is 2. The number of fused-ring (bicyclic) bond motifs is 2. The zero-order chi connectivity index (χ0) is 12.7. The molecular weight excluding hydrogens is 232 g/mol. The molecule has 1 aromatic heterocycles. The van der Waals surface area contributed by atoms with Gasteiger partial charge in [0.2, 0.25) is 0 Å². The predicted molar refractivity (Wildman–Crippen MR) is 78.9 cm³/mol. The summed E-state index contributed by atoms with van der Waals surface area (Å²) in [6.45, 7) is 1.04. The first-order valence-corrected chi connectivity index (χ1v) is 6.63. The summed E-state index contributed by atoms with van der Waals surface area (Å²) in [6, 6.07) is 19.1. The molecular formula is C17H14N2. The first-order valence-electron chi connectivity index (χ1n) is 6.63. The molecule has 0 amide bonds. The van der Waals surface area contributed by atoms with Gasteiger partial charge in [-0.25, -0.2) is 0 Å². The highest BCUT2D eigenvalue weighted by Crippen LogP contribution is 2.37. The van der Waals surface area contributed by atoms with Gasteiger partial charge in [0.05, 0.1) is 11.2 Å². The van der Waals surface area contributed by atoms with Crippen molar-refractivity contribution in [3.8, 4) is 0 Å². The van der Waals surface area contributed by atoms with Crippen molar-refractivity contribution in [2.75, 3.05) is 11.4 Å². The van der Waals surface area contributed by atoms with Gasteiger partial charge in [-0.3, -0.25) is 4.98 Å². The lowest BCUT2D eigenvalue weighted by atomic mass is 10.1. The minimum Gasteiger partial charge on any atom is -0.339 e. The Hall–Kier alpha value is -2.35. The minimum atomic E-state index is 1.04. The van der Waals surface area contributed by atoms with E-state index in [1.165, 1.54) is 22.3 Å². The van der Waals surface area contributed by atoms with Crippen LogP contribution < -0.4 is 4.90 Å². The molecule has 2 aromatic carbocycles. The summed E-state index contributed by atoms with van der Waals surface area (Å²) in [7, 11) is 0. The Morgan fingerprint density at radius 2 is 1.68 bits per heavy atom. The summed E-state index contributed by atoms with van der Waals surface area (Å²) >= 11 is 0. The van der Waals surface area contributed by atoms with E-state index in [1.807, 2.05) is 12.3 Å². The number of aromatic nitrogens is 1. The Morgan fingerprint density at radius 3 is 2.68 bits per heavy atom. The average molecular weight is 246 g/mol. The van der Waals surface area contributed by atoms with Gasteiger partial charge in [-0.05, 0) is 30.2 Å². The van der Waals surface area contributed by atoms with Crippen LogP contribution in [0.5, 0.6) is 0 Å². The Bertz CT molecular complexity index is 744. The molecule has 0 radical (unpaired) electrons. The van der Waals surface area contributed by atoms with Crippen molar-refractivity contribution in [2.45, 2.75) is 6.42 Å². The lowest BCUT2D eigenvalue weighted by Gasteiger charge is -2.20. The van der Waals surface area contributed by atoms with Gasteiger partial charge in [-0.1, -0.05) is 36.4 Å². The van der Waals surface area contributed by atoms with Crippen LogP contribution in [-0.4, -0.2) is 11.5 Å². The van der Waals surface area contributed by atoms with E-state index in [4.69, 9.17) is 0 Å². The van der Waals surface area contributed by atoms with Gasteiger partial charge in [0.25, 0.3) is 0 Å². The highest BCUT2D eigenvalue weighted by molar-refractivity contribution is 5.93. The van der Waals surface area contributed by atoms with E-state index in [0.717, 1.165) is 18.5 Å². The summed E-state index contributed by atoms with van der Waals surface area (Å²) in [5.74, 6) is 0. The van der Waals surface area contributed by atoms with E-state index < -0.39 is 0 Å². The van der Waals surface area contributed by atoms with E-state index in [0.29, 0.717) is 0 Å². The summed E-state index contributed by atoms with van der Waals surface area (Å²) < 4.78 is 0. The zero-order valence-corrected chi connectivity index (χ0v) is 10.6. The van der Waals surface area contributed by atoms with Crippen LogP contribution in [-0.2, 0) is 6.42 Å². The topological polar surface area (TPSA) is 16.1 Å². The molecule has 0 spiro atoms. The maximum absolute atomic E-state index is 4.56. The van der Waals surface area contributed by atoms with Crippen LogP contribution in [0.4, 0.5) is 11.4 Å². The number of benzene rings is 2. The molecule has 2 heteroatoms. The van der Waals surface area contributed by atoms with Gasteiger partial charge in [-0.2, -0.15) is 0 Å². The minimum absolute atomic E-state index is 1.04. The molecule has 0 bridgehead atoms. The molecule has 0 atom stereocenters. The fraction of sp³-hybridized carbons (Fsp3) is 0.118. The van der Waals surface area contributed by atoms with E-state index in [2.05, 4.69) is 58.4 Å². The first-order chi connectivity index (χ1) is 9.43. The number of hydrogen-bond donors (Lipinski definition) is 0. The third-order valence-corrected chi connectivity index (χ3v) is 3.79. The molecule has 0 aliphatic carbocycles. The Morgan fingerprint density at radius 1 is 0.842 bits per heavy atom. The maximum atomic E-state index is 4.56. The third-order valence-electron chi connectivity index (χ3n) is 3.79. The summed E-state index contributed by atoms with van der Waals surface area (Å²) in [4.78, 5) is 6.94. The zero-order valence-electron chi connectivity index (χ0n) is 10.6. The van der Waals surface area contributed by atoms with E-state index in [9.17, 15) is 0 Å². The van der Waals surface area contributed by atoms with Crippen molar-refractivity contribution in [2.24, 2.45) is 0 Å². The normalized spacial score (nSPS) is 13.8. The van der Waals surface area contributed by atoms with Crippen molar-refractivity contribution < 1.29 is 0 Å². The van der Waals surface area contributed by atoms with Gasteiger partial charge in [0.15, 0.2) is 0 Å². The second-order valence-corrected chi connectivity index (χ2v) is 4.88.